The number of aliphatic hydroxyl groups is 2. The van der Waals surface area contributed by atoms with Crippen molar-refractivity contribution in [1.82, 2.24) is 9.97 Å². The third kappa shape index (κ3) is 9.45. The Morgan fingerprint density at radius 2 is 1.76 bits per heavy atom. The number of carbonyl (C=O) groups excluding carboxylic acids is 1. The quantitative estimate of drug-likeness (QED) is 0.359. The van der Waals surface area contributed by atoms with E-state index in [1.165, 1.54) is 37.4 Å². The van der Waals surface area contributed by atoms with Crippen LogP contribution in [0.5, 0.6) is 0 Å². The summed E-state index contributed by atoms with van der Waals surface area (Å²) in [5, 5.41) is 20.8. The van der Waals surface area contributed by atoms with Crippen LogP contribution in [-0.4, -0.2) is 66.7 Å². The molecule has 0 spiro atoms. The highest BCUT2D eigenvalue weighted by Crippen LogP contribution is 2.31. The lowest BCUT2D eigenvalue weighted by Crippen LogP contribution is -2.27. The van der Waals surface area contributed by atoms with E-state index in [1.807, 2.05) is 27.7 Å². The molecule has 9 nitrogen and oxygen atoms in total. The molecule has 0 aliphatic rings. The zero-order valence-electron chi connectivity index (χ0n) is 22.8. The molecule has 0 bridgehead atoms. The molecular weight excluding hydrogens is 513 g/mol. The second-order valence-corrected chi connectivity index (χ2v) is 12.0. The number of hydrogen-bond acceptors (Lipinski definition) is 8. The monoisotopic (exact) mass is 551 g/mol. The number of nitrogens with zero attached hydrogens (tertiary/aromatic N) is 3. The molecule has 2 rings (SSSR count). The number of esters is 1. The Labute approximate surface area is 224 Å². The number of aliphatic hydroxyl groups excluding tert-OH is 2. The van der Waals surface area contributed by atoms with Gasteiger partial charge in [-0.1, -0.05) is 39.8 Å². The van der Waals surface area contributed by atoms with Crippen molar-refractivity contribution in [3.8, 4) is 11.3 Å². The van der Waals surface area contributed by atoms with E-state index < -0.39 is 34.0 Å². The van der Waals surface area contributed by atoms with E-state index >= 15 is 0 Å². The average Bonchev–Trinajstić information content (AvgIpc) is 2.81. The van der Waals surface area contributed by atoms with Crippen molar-refractivity contribution >= 4 is 28.0 Å². The highest BCUT2D eigenvalue weighted by Gasteiger charge is 2.22. The number of sulfonamides is 1. The average molecular weight is 552 g/mol. The number of halogens is 1. The number of hydrogen-bond donors (Lipinski definition) is 2. The van der Waals surface area contributed by atoms with Gasteiger partial charge < -0.3 is 14.9 Å². The van der Waals surface area contributed by atoms with Gasteiger partial charge >= 0.3 is 5.97 Å². The first-order valence-corrected chi connectivity index (χ1v) is 14.4. The van der Waals surface area contributed by atoms with Gasteiger partial charge in [-0.25, -0.2) is 27.1 Å². The van der Waals surface area contributed by atoms with Gasteiger partial charge in [0.15, 0.2) is 0 Å². The molecular formula is C27H38FN3O6S. The van der Waals surface area contributed by atoms with Crippen LogP contribution >= 0.6 is 0 Å². The Morgan fingerprint density at radius 3 is 2.32 bits per heavy atom. The minimum atomic E-state index is -3.65. The van der Waals surface area contributed by atoms with Crippen molar-refractivity contribution < 1.29 is 32.6 Å². The Morgan fingerprint density at radius 1 is 1.13 bits per heavy atom. The van der Waals surface area contributed by atoms with Crippen LogP contribution in [0.25, 0.3) is 17.3 Å². The zero-order chi connectivity index (χ0) is 28.6. The molecule has 2 aromatic rings. The molecule has 2 unspecified atom stereocenters. The number of ether oxygens (including phenoxy) is 1. The third-order valence-corrected chi connectivity index (χ3v) is 6.92. The van der Waals surface area contributed by atoms with E-state index in [0.29, 0.717) is 28.4 Å². The maximum absolute atomic E-state index is 13.6. The van der Waals surface area contributed by atoms with Crippen LogP contribution in [0.15, 0.2) is 30.3 Å². The summed E-state index contributed by atoms with van der Waals surface area (Å²) in [6.45, 7) is 8.06. The van der Waals surface area contributed by atoms with Crippen LogP contribution < -0.4 is 4.31 Å². The van der Waals surface area contributed by atoms with Crippen molar-refractivity contribution in [2.45, 2.75) is 65.1 Å². The van der Waals surface area contributed by atoms with E-state index in [9.17, 15) is 27.8 Å². The molecule has 2 atom stereocenters. The van der Waals surface area contributed by atoms with Crippen molar-refractivity contribution in [1.29, 1.82) is 0 Å². The summed E-state index contributed by atoms with van der Waals surface area (Å²) < 4.78 is 44.0. The predicted molar refractivity (Wildman–Crippen MR) is 145 cm³/mol. The third-order valence-electron chi connectivity index (χ3n) is 5.77. The predicted octanol–water partition coefficient (Wildman–Crippen LogP) is 3.91. The van der Waals surface area contributed by atoms with Gasteiger partial charge in [-0.15, -0.1) is 0 Å². The number of aromatic nitrogens is 2. The summed E-state index contributed by atoms with van der Waals surface area (Å²) in [7, 11) is -2.31. The second-order valence-electron chi connectivity index (χ2n) is 9.99. The second kappa shape index (κ2) is 13.8. The summed E-state index contributed by atoms with van der Waals surface area (Å²) >= 11 is 0. The van der Waals surface area contributed by atoms with Gasteiger partial charge in [0.25, 0.3) is 0 Å². The van der Waals surface area contributed by atoms with Gasteiger partial charge in [0.1, 0.15) is 5.82 Å². The molecule has 0 radical (unpaired) electrons. The number of anilines is 1. The topological polar surface area (TPSA) is 130 Å². The van der Waals surface area contributed by atoms with E-state index in [1.54, 1.807) is 6.08 Å². The molecule has 2 N–H and O–H groups in total. The van der Waals surface area contributed by atoms with Gasteiger partial charge in [-0.2, -0.15) is 0 Å². The molecule has 0 saturated heterocycles. The van der Waals surface area contributed by atoms with Crippen molar-refractivity contribution in [2.75, 3.05) is 24.2 Å². The fourth-order valence-corrected chi connectivity index (χ4v) is 3.88. The van der Waals surface area contributed by atoms with Gasteiger partial charge in [-0.3, -0.25) is 4.79 Å². The molecule has 38 heavy (non-hydrogen) atoms. The largest absolute Gasteiger partial charge is 0.466 e. The lowest BCUT2D eigenvalue weighted by Gasteiger charge is -2.20. The Balaban J connectivity index is 2.36. The van der Waals surface area contributed by atoms with Gasteiger partial charge in [0, 0.05) is 24.6 Å². The molecule has 0 aliphatic carbocycles. The van der Waals surface area contributed by atoms with E-state index in [-0.39, 0.29) is 31.3 Å². The normalized spacial score (nSPS) is 13.8. The highest BCUT2D eigenvalue weighted by atomic mass is 32.2. The highest BCUT2D eigenvalue weighted by molar-refractivity contribution is 7.92. The molecule has 1 aromatic carbocycles. The number of carbonyl (C=O) groups is 1. The molecule has 1 aromatic heterocycles. The Bertz CT molecular complexity index is 1220. The molecule has 210 valence electrons. The van der Waals surface area contributed by atoms with Crippen LogP contribution in [-0.2, 0) is 19.6 Å². The smallest absolute Gasteiger partial charge is 0.308 e. The Kier molecular flexibility index (Phi) is 11.4. The van der Waals surface area contributed by atoms with Gasteiger partial charge in [-0.05, 0) is 42.5 Å². The minimum absolute atomic E-state index is 0.0420. The summed E-state index contributed by atoms with van der Waals surface area (Å²) in [6, 6.07) is 5.58. The Hall–Kier alpha value is -2.89. The first-order valence-electron chi connectivity index (χ1n) is 12.5. The first kappa shape index (κ1) is 31.3. The molecule has 0 fully saturated rings. The standard InChI is InChI=1S/C27H38FN3O6S/c1-17(2)13-14-37-24(34)16-22(33)15-21(32)11-12-23-25(18(3)4)29-27(31(5)38(6,35)36)30-26(23)19-7-9-20(28)10-8-19/h7-12,17-18,21-22,32-33H,13-16H2,1-6H3/b12-11+. The van der Waals surface area contributed by atoms with E-state index in [2.05, 4.69) is 9.97 Å². The van der Waals surface area contributed by atoms with Crippen molar-refractivity contribution in [3.05, 3.63) is 47.4 Å². The van der Waals surface area contributed by atoms with Crippen molar-refractivity contribution in [3.63, 3.8) is 0 Å². The maximum Gasteiger partial charge on any atom is 0.308 e. The van der Waals surface area contributed by atoms with Gasteiger partial charge in [0.2, 0.25) is 16.0 Å². The zero-order valence-corrected chi connectivity index (χ0v) is 23.6. The number of benzene rings is 1. The summed E-state index contributed by atoms with van der Waals surface area (Å²) in [5.74, 6) is -0.787. The lowest BCUT2D eigenvalue weighted by molar-refractivity contribution is -0.146. The van der Waals surface area contributed by atoms with Crippen molar-refractivity contribution in [2.24, 2.45) is 5.92 Å². The minimum Gasteiger partial charge on any atom is -0.466 e. The molecule has 0 saturated carbocycles. The summed E-state index contributed by atoms with van der Waals surface area (Å²) in [5.41, 5.74) is 1.91. The fourth-order valence-electron chi connectivity index (χ4n) is 3.50. The number of rotatable bonds is 13. The van der Waals surface area contributed by atoms with Crippen LogP contribution in [0.4, 0.5) is 10.3 Å². The molecule has 1 heterocycles. The molecule has 0 aliphatic heterocycles. The van der Waals surface area contributed by atoms with Crippen LogP contribution in [0, 0.1) is 11.7 Å². The first-order chi connectivity index (χ1) is 17.7. The maximum atomic E-state index is 13.6. The van der Waals surface area contributed by atoms with Crippen LogP contribution in [0.1, 0.15) is 64.1 Å². The van der Waals surface area contributed by atoms with Crippen LogP contribution in [0.3, 0.4) is 0 Å². The summed E-state index contributed by atoms with van der Waals surface area (Å²) in [4.78, 5) is 20.9. The van der Waals surface area contributed by atoms with E-state index in [4.69, 9.17) is 4.74 Å². The molecule has 0 amide bonds. The van der Waals surface area contributed by atoms with Gasteiger partial charge in [0.05, 0.1) is 42.9 Å². The lowest BCUT2D eigenvalue weighted by atomic mass is 9.97. The SMILES string of the molecule is CC(C)CCOC(=O)CC(O)CC(O)/C=C/c1c(-c2ccc(F)cc2)nc(N(C)S(C)(=O)=O)nc1C(C)C. The van der Waals surface area contributed by atoms with E-state index in [0.717, 1.165) is 17.0 Å². The summed E-state index contributed by atoms with van der Waals surface area (Å²) in [6.07, 6.45) is 2.26. The fraction of sp³-hybridized carbons (Fsp3) is 0.519. The molecule has 11 heteroatoms. The van der Waals surface area contributed by atoms with Crippen LogP contribution in [0.2, 0.25) is 0 Å².